The van der Waals surface area contributed by atoms with Crippen LogP contribution in [0.5, 0.6) is 0 Å². The highest BCUT2D eigenvalue weighted by Gasteiger charge is 2.13. The van der Waals surface area contributed by atoms with E-state index in [1.807, 2.05) is 0 Å². The third kappa shape index (κ3) is 4.43. The molecule has 0 aromatic heterocycles. The zero-order valence-corrected chi connectivity index (χ0v) is 9.12. The molecule has 0 amide bonds. The van der Waals surface area contributed by atoms with Crippen LogP contribution in [0, 0.1) is 11.8 Å². The summed E-state index contributed by atoms with van der Waals surface area (Å²) in [4.78, 5) is 0. The second kappa shape index (κ2) is 7.24. The maximum Gasteiger partial charge on any atom is 0.0481 e. The predicted molar refractivity (Wildman–Crippen MR) is 58.1 cm³/mol. The predicted octanol–water partition coefficient (Wildman–Crippen LogP) is 2.34. The van der Waals surface area contributed by atoms with E-state index in [2.05, 4.69) is 0 Å². The van der Waals surface area contributed by atoms with Gasteiger partial charge in [-0.25, -0.2) is 0 Å². The fourth-order valence-corrected chi connectivity index (χ4v) is 2.41. The van der Waals surface area contributed by atoms with E-state index < -0.39 is 0 Å². The molecule has 0 saturated heterocycles. The third-order valence-electron chi connectivity index (χ3n) is 3.47. The van der Waals surface area contributed by atoms with Gasteiger partial charge in [-0.3, -0.25) is 0 Å². The molecule has 0 aromatic carbocycles. The van der Waals surface area contributed by atoms with Crippen molar-refractivity contribution in [3.8, 4) is 0 Å². The molecule has 1 saturated carbocycles. The first-order valence-electron chi connectivity index (χ1n) is 6.08. The lowest BCUT2D eigenvalue weighted by Crippen LogP contribution is -2.12. The van der Waals surface area contributed by atoms with Gasteiger partial charge >= 0.3 is 0 Å². The number of rotatable bonds is 6. The first kappa shape index (κ1) is 12.0. The molecule has 14 heavy (non-hydrogen) atoms. The molecular formula is C12H24O2. The van der Waals surface area contributed by atoms with Crippen molar-refractivity contribution in [2.75, 3.05) is 13.2 Å². The molecule has 0 atom stereocenters. The summed E-state index contributed by atoms with van der Waals surface area (Å²) in [5, 5.41) is 17.8. The first-order chi connectivity index (χ1) is 6.86. The van der Waals surface area contributed by atoms with Gasteiger partial charge in [0.15, 0.2) is 0 Å². The first-order valence-corrected chi connectivity index (χ1v) is 6.08. The van der Waals surface area contributed by atoms with Crippen LogP contribution in [0.2, 0.25) is 0 Å². The van der Waals surface area contributed by atoms with Crippen molar-refractivity contribution in [1.29, 1.82) is 0 Å². The Morgan fingerprint density at radius 3 is 2.21 bits per heavy atom. The summed E-state index contributed by atoms with van der Waals surface area (Å²) in [7, 11) is 0. The molecule has 84 valence electrons. The number of aliphatic hydroxyl groups excluding tert-OH is 2. The molecule has 1 rings (SSSR count). The van der Waals surface area contributed by atoms with Gasteiger partial charge in [-0.15, -0.1) is 0 Å². The summed E-state index contributed by atoms with van der Waals surface area (Å²) < 4.78 is 0. The van der Waals surface area contributed by atoms with Gasteiger partial charge in [-0.2, -0.15) is 0 Å². The van der Waals surface area contributed by atoms with Gasteiger partial charge in [-0.05, 0) is 12.3 Å². The highest BCUT2D eigenvalue weighted by atomic mass is 16.3. The zero-order chi connectivity index (χ0) is 10.2. The van der Waals surface area contributed by atoms with E-state index in [4.69, 9.17) is 10.2 Å². The molecule has 0 radical (unpaired) electrons. The molecule has 1 aliphatic rings. The quantitative estimate of drug-likeness (QED) is 0.691. The Kier molecular flexibility index (Phi) is 6.20. The minimum Gasteiger partial charge on any atom is -0.396 e. The van der Waals surface area contributed by atoms with Gasteiger partial charge in [0.05, 0.1) is 0 Å². The fourth-order valence-electron chi connectivity index (χ4n) is 2.41. The van der Waals surface area contributed by atoms with Crippen molar-refractivity contribution >= 4 is 0 Å². The lowest BCUT2D eigenvalue weighted by atomic mass is 9.85. The lowest BCUT2D eigenvalue weighted by Gasteiger charge is -2.22. The average molecular weight is 200 g/mol. The smallest absolute Gasteiger partial charge is 0.0481 e. The summed E-state index contributed by atoms with van der Waals surface area (Å²) in [6, 6.07) is 0. The van der Waals surface area contributed by atoms with E-state index in [1.165, 1.54) is 44.9 Å². The molecule has 2 heteroatoms. The summed E-state index contributed by atoms with van der Waals surface area (Å²) in [6.07, 6.45) is 10.5. The van der Waals surface area contributed by atoms with Crippen LogP contribution in [0.25, 0.3) is 0 Å². The molecule has 0 unspecified atom stereocenters. The number of aliphatic hydroxyl groups is 2. The van der Waals surface area contributed by atoms with Crippen LogP contribution in [0.4, 0.5) is 0 Å². The minimum atomic E-state index is 0.124. The van der Waals surface area contributed by atoms with E-state index in [0.717, 1.165) is 12.3 Å². The molecule has 0 aromatic rings. The molecule has 0 spiro atoms. The van der Waals surface area contributed by atoms with E-state index in [9.17, 15) is 0 Å². The average Bonchev–Trinajstić information content (AvgIpc) is 2.26. The second-order valence-electron chi connectivity index (χ2n) is 4.67. The standard InChI is InChI=1S/C12H24O2/c13-9-12(10-14)8-4-7-11-5-2-1-3-6-11/h11-14H,1-10H2. The van der Waals surface area contributed by atoms with Gasteiger partial charge < -0.3 is 10.2 Å². The van der Waals surface area contributed by atoms with Crippen molar-refractivity contribution in [1.82, 2.24) is 0 Å². The Labute approximate surface area is 87.3 Å². The Hall–Kier alpha value is -0.0800. The molecular weight excluding hydrogens is 176 g/mol. The second-order valence-corrected chi connectivity index (χ2v) is 4.67. The van der Waals surface area contributed by atoms with Crippen LogP contribution in [0.3, 0.4) is 0 Å². The van der Waals surface area contributed by atoms with Crippen LogP contribution >= 0.6 is 0 Å². The number of hydrogen-bond donors (Lipinski definition) is 2. The van der Waals surface area contributed by atoms with Gasteiger partial charge in [0.25, 0.3) is 0 Å². The molecule has 0 bridgehead atoms. The Bertz CT molecular complexity index is 126. The molecule has 2 nitrogen and oxygen atoms in total. The summed E-state index contributed by atoms with van der Waals surface area (Å²) >= 11 is 0. The zero-order valence-electron chi connectivity index (χ0n) is 9.12. The SMILES string of the molecule is OCC(CO)CCCC1CCCCC1. The van der Waals surface area contributed by atoms with Gasteiger partial charge in [0, 0.05) is 19.1 Å². The van der Waals surface area contributed by atoms with Crippen molar-refractivity contribution in [3.05, 3.63) is 0 Å². The summed E-state index contributed by atoms with van der Waals surface area (Å²) in [5.74, 6) is 1.06. The minimum absolute atomic E-state index is 0.124. The van der Waals surface area contributed by atoms with E-state index in [1.54, 1.807) is 0 Å². The van der Waals surface area contributed by atoms with Gasteiger partial charge in [0.1, 0.15) is 0 Å². The van der Waals surface area contributed by atoms with Crippen molar-refractivity contribution in [2.24, 2.45) is 11.8 Å². The molecule has 2 N–H and O–H groups in total. The summed E-state index contributed by atoms with van der Waals surface area (Å²) in [6.45, 7) is 0.280. The largest absolute Gasteiger partial charge is 0.396 e. The van der Waals surface area contributed by atoms with Crippen molar-refractivity contribution in [3.63, 3.8) is 0 Å². The Balaban J connectivity index is 2.01. The van der Waals surface area contributed by atoms with E-state index in [-0.39, 0.29) is 19.1 Å². The van der Waals surface area contributed by atoms with Crippen molar-refractivity contribution < 1.29 is 10.2 Å². The summed E-state index contributed by atoms with van der Waals surface area (Å²) in [5.41, 5.74) is 0. The van der Waals surface area contributed by atoms with Crippen LogP contribution in [0.15, 0.2) is 0 Å². The highest BCUT2D eigenvalue weighted by molar-refractivity contribution is 4.66. The van der Waals surface area contributed by atoms with Crippen molar-refractivity contribution in [2.45, 2.75) is 51.4 Å². The fraction of sp³-hybridized carbons (Fsp3) is 1.00. The van der Waals surface area contributed by atoms with Gasteiger partial charge in [-0.1, -0.05) is 44.9 Å². The maximum absolute atomic E-state index is 8.90. The Morgan fingerprint density at radius 2 is 1.64 bits per heavy atom. The monoisotopic (exact) mass is 200 g/mol. The maximum atomic E-state index is 8.90. The Morgan fingerprint density at radius 1 is 1.00 bits per heavy atom. The highest BCUT2D eigenvalue weighted by Crippen LogP contribution is 2.28. The van der Waals surface area contributed by atoms with E-state index >= 15 is 0 Å². The lowest BCUT2D eigenvalue weighted by molar-refractivity contribution is 0.139. The van der Waals surface area contributed by atoms with Crippen LogP contribution in [-0.4, -0.2) is 23.4 Å². The third-order valence-corrected chi connectivity index (χ3v) is 3.47. The normalized spacial score (nSPS) is 19.1. The van der Waals surface area contributed by atoms with Crippen LogP contribution in [0.1, 0.15) is 51.4 Å². The number of hydrogen-bond acceptors (Lipinski definition) is 2. The molecule has 1 aliphatic carbocycles. The van der Waals surface area contributed by atoms with Crippen LogP contribution < -0.4 is 0 Å². The topological polar surface area (TPSA) is 40.5 Å². The molecule has 0 heterocycles. The van der Waals surface area contributed by atoms with Gasteiger partial charge in [0.2, 0.25) is 0 Å². The van der Waals surface area contributed by atoms with E-state index in [0.29, 0.717) is 0 Å². The molecule has 0 aliphatic heterocycles. The molecule has 1 fully saturated rings. The van der Waals surface area contributed by atoms with Crippen LogP contribution in [-0.2, 0) is 0 Å².